The maximum atomic E-state index is 13.8. The average Bonchev–Trinajstić information content (AvgIpc) is 2.99. The Morgan fingerprint density at radius 3 is 2.86 bits per heavy atom. The van der Waals surface area contributed by atoms with E-state index in [1.54, 1.807) is 19.3 Å². The van der Waals surface area contributed by atoms with Gasteiger partial charge in [0.25, 0.3) is 0 Å². The minimum Gasteiger partial charge on any atom is -0.353 e. The zero-order chi connectivity index (χ0) is 14.8. The van der Waals surface area contributed by atoms with E-state index in [9.17, 15) is 4.39 Å². The first-order valence-corrected chi connectivity index (χ1v) is 7.52. The van der Waals surface area contributed by atoms with Gasteiger partial charge in [0.1, 0.15) is 0 Å². The summed E-state index contributed by atoms with van der Waals surface area (Å²) in [7, 11) is 1.79. The molecule has 3 atom stereocenters. The van der Waals surface area contributed by atoms with E-state index < -0.39 is 0 Å². The Hall–Kier alpha value is -1.12. The molecule has 3 rings (SSSR count). The fraction of sp³-hybridized carbons (Fsp3) is 0.600. The van der Waals surface area contributed by atoms with E-state index in [1.807, 2.05) is 4.90 Å². The number of anilines is 1. The number of guanidine groups is 1. The minimum atomic E-state index is -0.257. The Kier molecular flexibility index (Phi) is 5.82. The lowest BCUT2D eigenvalue weighted by Crippen LogP contribution is -2.45. The van der Waals surface area contributed by atoms with E-state index in [1.165, 1.54) is 12.5 Å². The van der Waals surface area contributed by atoms with Crippen molar-refractivity contribution in [3.8, 4) is 0 Å². The summed E-state index contributed by atoms with van der Waals surface area (Å²) in [4.78, 5) is 10.4. The van der Waals surface area contributed by atoms with Crippen LogP contribution in [0.15, 0.2) is 23.3 Å². The van der Waals surface area contributed by atoms with Gasteiger partial charge in [-0.3, -0.25) is 4.99 Å². The lowest BCUT2D eigenvalue weighted by Gasteiger charge is -2.20. The molecule has 0 bridgehead atoms. The average molecular weight is 419 g/mol. The van der Waals surface area contributed by atoms with Crippen LogP contribution in [0, 0.1) is 11.7 Å². The highest BCUT2D eigenvalue weighted by Crippen LogP contribution is 2.28. The summed E-state index contributed by atoms with van der Waals surface area (Å²) in [5.41, 5.74) is 0. The Labute approximate surface area is 147 Å². The molecule has 5 nitrogen and oxygen atoms in total. The maximum absolute atomic E-state index is 13.8. The molecule has 1 aliphatic heterocycles. The highest BCUT2D eigenvalue weighted by Gasteiger charge is 2.34. The number of aliphatic imine (C=N–C) groups is 1. The highest BCUT2D eigenvalue weighted by atomic mass is 127. The number of aromatic nitrogens is 1. The predicted octanol–water partition coefficient (Wildman–Crippen LogP) is 1.99. The zero-order valence-electron chi connectivity index (χ0n) is 12.9. The molecule has 0 aromatic carbocycles. The van der Waals surface area contributed by atoms with Crippen LogP contribution in [-0.4, -0.2) is 43.2 Å². The van der Waals surface area contributed by atoms with Crippen LogP contribution in [0.3, 0.4) is 0 Å². The molecule has 1 aromatic rings. The summed E-state index contributed by atoms with van der Waals surface area (Å²) >= 11 is 0. The Balaban J connectivity index is 0.00000176. The fourth-order valence-electron chi connectivity index (χ4n) is 2.74. The second-order valence-electron chi connectivity index (χ2n) is 5.92. The molecular formula is C15H23FIN5. The number of hydrogen-bond donors (Lipinski definition) is 2. The van der Waals surface area contributed by atoms with Gasteiger partial charge in [0.05, 0.1) is 0 Å². The lowest BCUT2D eigenvalue weighted by atomic mass is 10.3. The molecule has 0 radical (unpaired) electrons. The molecule has 2 N–H and O–H groups in total. The Morgan fingerprint density at radius 1 is 1.45 bits per heavy atom. The maximum Gasteiger partial charge on any atom is 0.191 e. The minimum absolute atomic E-state index is 0. The fourth-order valence-corrected chi connectivity index (χ4v) is 2.74. The van der Waals surface area contributed by atoms with E-state index in [-0.39, 0.29) is 35.8 Å². The molecule has 3 unspecified atom stereocenters. The van der Waals surface area contributed by atoms with E-state index >= 15 is 0 Å². The van der Waals surface area contributed by atoms with Gasteiger partial charge in [0, 0.05) is 38.4 Å². The molecule has 2 heterocycles. The van der Waals surface area contributed by atoms with Crippen LogP contribution in [-0.2, 0) is 0 Å². The van der Waals surface area contributed by atoms with Crippen molar-refractivity contribution in [1.82, 2.24) is 15.6 Å². The summed E-state index contributed by atoms with van der Waals surface area (Å²) in [6.45, 7) is 3.78. The van der Waals surface area contributed by atoms with Crippen LogP contribution in [0.5, 0.6) is 0 Å². The molecule has 0 spiro atoms. The highest BCUT2D eigenvalue weighted by molar-refractivity contribution is 14.0. The number of nitrogens with one attached hydrogen (secondary N) is 2. The first-order valence-electron chi connectivity index (χ1n) is 7.52. The van der Waals surface area contributed by atoms with Gasteiger partial charge in [-0.2, -0.15) is 0 Å². The topological polar surface area (TPSA) is 52.6 Å². The third-order valence-electron chi connectivity index (χ3n) is 4.22. The van der Waals surface area contributed by atoms with Gasteiger partial charge >= 0.3 is 0 Å². The van der Waals surface area contributed by atoms with Gasteiger partial charge in [0.2, 0.25) is 0 Å². The molecule has 22 heavy (non-hydrogen) atoms. The molecule has 2 fully saturated rings. The summed E-state index contributed by atoms with van der Waals surface area (Å²) in [6, 6.07) is 3.89. The molecule has 122 valence electrons. The van der Waals surface area contributed by atoms with E-state index in [4.69, 9.17) is 0 Å². The van der Waals surface area contributed by atoms with Crippen molar-refractivity contribution in [1.29, 1.82) is 0 Å². The lowest BCUT2D eigenvalue weighted by molar-refractivity contribution is 0.612. The van der Waals surface area contributed by atoms with Gasteiger partial charge in [-0.05, 0) is 30.9 Å². The molecule has 0 amide bonds. The SMILES string of the molecule is CN=C(NC1CCN(c2ncccc2F)C1)NC1CC1C.I. The van der Waals surface area contributed by atoms with Gasteiger partial charge in [-0.1, -0.05) is 6.92 Å². The van der Waals surface area contributed by atoms with Crippen molar-refractivity contribution in [2.75, 3.05) is 25.0 Å². The summed E-state index contributed by atoms with van der Waals surface area (Å²) < 4.78 is 13.8. The number of halogens is 2. The van der Waals surface area contributed by atoms with Gasteiger partial charge in [0.15, 0.2) is 17.6 Å². The van der Waals surface area contributed by atoms with Crippen LogP contribution < -0.4 is 15.5 Å². The van der Waals surface area contributed by atoms with Crippen molar-refractivity contribution in [3.05, 3.63) is 24.1 Å². The van der Waals surface area contributed by atoms with Crippen molar-refractivity contribution in [2.45, 2.75) is 31.8 Å². The van der Waals surface area contributed by atoms with Crippen LogP contribution in [0.2, 0.25) is 0 Å². The molecule has 1 aliphatic carbocycles. The van der Waals surface area contributed by atoms with Crippen molar-refractivity contribution >= 4 is 35.8 Å². The largest absolute Gasteiger partial charge is 0.353 e. The van der Waals surface area contributed by atoms with Crippen LogP contribution in [0.25, 0.3) is 0 Å². The van der Waals surface area contributed by atoms with Gasteiger partial charge < -0.3 is 15.5 Å². The smallest absolute Gasteiger partial charge is 0.191 e. The number of pyridine rings is 1. The van der Waals surface area contributed by atoms with E-state index in [2.05, 4.69) is 27.5 Å². The van der Waals surface area contributed by atoms with E-state index in [0.29, 0.717) is 11.9 Å². The molecular weight excluding hydrogens is 396 g/mol. The third kappa shape index (κ3) is 3.99. The summed E-state index contributed by atoms with van der Waals surface area (Å²) in [5, 5.41) is 6.84. The zero-order valence-corrected chi connectivity index (χ0v) is 15.3. The third-order valence-corrected chi connectivity index (χ3v) is 4.22. The second kappa shape index (κ2) is 7.43. The van der Waals surface area contributed by atoms with Crippen LogP contribution in [0.1, 0.15) is 19.8 Å². The molecule has 7 heteroatoms. The number of rotatable bonds is 3. The number of nitrogens with zero attached hydrogens (tertiary/aromatic N) is 3. The monoisotopic (exact) mass is 419 g/mol. The van der Waals surface area contributed by atoms with Crippen LogP contribution >= 0.6 is 24.0 Å². The van der Waals surface area contributed by atoms with Gasteiger partial charge in [-0.15, -0.1) is 24.0 Å². The first-order chi connectivity index (χ1) is 10.2. The van der Waals surface area contributed by atoms with Crippen molar-refractivity contribution in [3.63, 3.8) is 0 Å². The molecule has 1 saturated carbocycles. The van der Waals surface area contributed by atoms with Crippen LogP contribution in [0.4, 0.5) is 10.2 Å². The quantitative estimate of drug-likeness (QED) is 0.447. The van der Waals surface area contributed by atoms with Gasteiger partial charge in [-0.25, -0.2) is 9.37 Å². The molecule has 1 aromatic heterocycles. The summed E-state index contributed by atoms with van der Waals surface area (Å²) in [5.74, 6) is 1.76. The second-order valence-corrected chi connectivity index (χ2v) is 5.92. The predicted molar refractivity (Wildman–Crippen MR) is 97.4 cm³/mol. The Bertz CT molecular complexity index is 538. The summed E-state index contributed by atoms with van der Waals surface area (Å²) in [6.07, 6.45) is 3.79. The molecule has 1 saturated heterocycles. The molecule has 2 aliphatic rings. The Morgan fingerprint density at radius 2 is 2.23 bits per heavy atom. The first kappa shape index (κ1) is 17.2. The van der Waals surface area contributed by atoms with E-state index in [0.717, 1.165) is 31.4 Å². The van der Waals surface area contributed by atoms with Crippen molar-refractivity contribution < 1.29 is 4.39 Å². The number of hydrogen-bond acceptors (Lipinski definition) is 3. The van der Waals surface area contributed by atoms with Crippen molar-refractivity contribution in [2.24, 2.45) is 10.9 Å². The standard InChI is InChI=1S/C15H22FN5.HI/c1-10-8-13(10)20-15(17-2)19-11-5-7-21(9-11)14-12(16)4-3-6-18-14;/h3-4,6,10-11,13H,5,7-9H2,1-2H3,(H2,17,19,20);1H. The normalized spacial score (nSPS) is 27.3.